The molecule has 1 amide bonds. The molecule has 154 valence electrons. The summed E-state index contributed by atoms with van der Waals surface area (Å²) in [5.41, 5.74) is 3.69. The van der Waals surface area contributed by atoms with Gasteiger partial charge in [0.15, 0.2) is 0 Å². The number of aryl methyl sites for hydroxylation is 2. The molecule has 0 atom stereocenters. The summed E-state index contributed by atoms with van der Waals surface area (Å²) in [5, 5.41) is 2.92. The fourth-order valence-electron chi connectivity index (χ4n) is 3.91. The van der Waals surface area contributed by atoms with E-state index in [2.05, 4.69) is 16.4 Å². The average Bonchev–Trinajstić information content (AvgIpc) is 3.18. The highest BCUT2D eigenvalue weighted by atomic mass is 16.5. The van der Waals surface area contributed by atoms with E-state index in [-0.39, 0.29) is 24.6 Å². The van der Waals surface area contributed by atoms with E-state index in [0.717, 1.165) is 24.9 Å². The Morgan fingerprint density at radius 2 is 2.00 bits per heavy atom. The van der Waals surface area contributed by atoms with Crippen LogP contribution in [-0.4, -0.2) is 48.9 Å². The van der Waals surface area contributed by atoms with Crippen molar-refractivity contribution in [2.24, 2.45) is 0 Å². The molecule has 1 aliphatic carbocycles. The van der Waals surface area contributed by atoms with E-state index in [9.17, 15) is 9.59 Å². The minimum Gasteiger partial charge on any atom is -0.378 e. The van der Waals surface area contributed by atoms with Crippen LogP contribution in [0.3, 0.4) is 0 Å². The summed E-state index contributed by atoms with van der Waals surface area (Å²) in [7, 11) is 1.56. The molecule has 8 nitrogen and oxygen atoms in total. The molecule has 0 bridgehead atoms. The second-order valence-electron chi connectivity index (χ2n) is 7.39. The molecule has 1 saturated heterocycles. The Hall–Kier alpha value is -2.71. The third-order valence-corrected chi connectivity index (χ3v) is 5.31. The number of fused-ring (bicyclic) bond motifs is 1. The first-order valence-corrected chi connectivity index (χ1v) is 9.98. The average molecular weight is 398 g/mol. The van der Waals surface area contributed by atoms with Crippen LogP contribution in [-0.2, 0) is 40.3 Å². The number of rotatable bonds is 6. The van der Waals surface area contributed by atoms with E-state index in [1.54, 1.807) is 7.11 Å². The zero-order valence-corrected chi connectivity index (χ0v) is 16.6. The van der Waals surface area contributed by atoms with Crippen molar-refractivity contribution in [3.05, 3.63) is 51.4 Å². The highest BCUT2D eigenvalue weighted by Crippen LogP contribution is 2.25. The molecule has 29 heavy (non-hydrogen) atoms. The summed E-state index contributed by atoms with van der Waals surface area (Å²) in [6, 6.07) is 7.46. The quantitative estimate of drug-likeness (QED) is 0.791. The summed E-state index contributed by atoms with van der Waals surface area (Å²) < 4.78 is 12.0. The Morgan fingerprint density at radius 1 is 1.21 bits per heavy atom. The maximum Gasteiger partial charge on any atom is 0.255 e. The van der Waals surface area contributed by atoms with Gasteiger partial charge in [-0.25, -0.2) is 4.98 Å². The summed E-state index contributed by atoms with van der Waals surface area (Å²) in [5.74, 6) is 0.234. The van der Waals surface area contributed by atoms with Gasteiger partial charge in [-0.05, 0) is 42.5 Å². The zero-order valence-electron chi connectivity index (χ0n) is 16.6. The van der Waals surface area contributed by atoms with Gasteiger partial charge >= 0.3 is 0 Å². The van der Waals surface area contributed by atoms with Gasteiger partial charge in [-0.15, -0.1) is 0 Å². The van der Waals surface area contributed by atoms with Crippen LogP contribution in [0, 0.1) is 0 Å². The van der Waals surface area contributed by atoms with Gasteiger partial charge in [0.1, 0.15) is 6.54 Å². The fourth-order valence-corrected chi connectivity index (χ4v) is 3.91. The Bertz CT molecular complexity index is 950. The third kappa shape index (κ3) is 4.49. The normalized spacial score (nSPS) is 16.0. The molecule has 4 rings (SSSR count). The number of carbonyl (C=O) groups is 1. The third-order valence-electron chi connectivity index (χ3n) is 5.31. The number of ether oxygens (including phenoxy) is 2. The number of anilines is 2. The van der Waals surface area contributed by atoms with Crippen molar-refractivity contribution in [1.29, 1.82) is 0 Å². The number of hydrogen-bond acceptors (Lipinski definition) is 6. The van der Waals surface area contributed by atoms with Crippen LogP contribution < -0.4 is 15.8 Å². The lowest BCUT2D eigenvalue weighted by molar-refractivity contribution is -0.116. The molecular weight excluding hydrogens is 372 g/mol. The predicted molar refractivity (Wildman–Crippen MR) is 109 cm³/mol. The van der Waals surface area contributed by atoms with Gasteiger partial charge in [0.25, 0.3) is 5.56 Å². The van der Waals surface area contributed by atoms with Crippen molar-refractivity contribution < 1.29 is 14.3 Å². The van der Waals surface area contributed by atoms with Gasteiger partial charge < -0.3 is 19.7 Å². The first-order chi connectivity index (χ1) is 14.1. The molecule has 1 N–H and O–H groups in total. The van der Waals surface area contributed by atoms with E-state index in [1.165, 1.54) is 21.8 Å². The van der Waals surface area contributed by atoms with E-state index in [1.807, 2.05) is 17.0 Å². The Labute approximate surface area is 169 Å². The predicted octanol–water partition coefficient (Wildman–Crippen LogP) is 1.35. The Kier molecular flexibility index (Phi) is 5.92. The summed E-state index contributed by atoms with van der Waals surface area (Å²) in [6.07, 6.45) is 3.30. The molecule has 8 heteroatoms. The van der Waals surface area contributed by atoms with E-state index in [4.69, 9.17) is 9.47 Å². The first kappa shape index (κ1) is 19.6. The number of morpholine rings is 1. The number of methoxy groups -OCH3 is 1. The maximum absolute atomic E-state index is 12.7. The lowest BCUT2D eigenvalue weighted by Crippen LogP contribution is -2.42. The Morgan fingerprint density at radius 3 is 2.79 bits per heavy atom. The van der Waals surface area contributed by atoms with Crippen molar-refractivity contribution in [1.82, 2.24) is 9.55 Å². The standard InChI is InChI=1S/C21H26N4O4/c1-28-14-18-12-20(27)25(21(23-18)24-7-9-29-10-8-24)13-19(26)22-17-6-5-15-3-2-4-16(15)11-17/h5-6,11-12H,2-4,7-10,13-14H2,1H3,(H,22,26). The lowest BCUT2D eigenvalue weighted by Gasteiger charge is -2.29. The second kappa shape index (κ2) is 8.75. The topological polar surface area (TPSA) is 85.7 Å². The molecule has 1 aliphatic heterocycles. The molecule has 0 spiro atoms. The zero-order chi connectivity index (χ0) is 20.2. The SMILES string of the molecule is COCc1cc(=O)n(CC(=O)Nc2ccc3c(c2)CCC3)c(N2CCOCC2)n1. The van der Waals surface area contributed by atoms with Crippen LogP contribution in [0.25, 0.3) is 0 Å². The molecular formula is C21H26N4O4. The highest BCUT2D eigenvalue weighted by Gasteiger charge is 2.20. The molecule has 1 aromatic heterocycles. The molecule has 0 saturated carbocycles. The number of nitrogens with zero attached hydrogens (tertiary/aromatic N) is 3. The van der Waals surface area contributed by atoms with Gasteiger partial charge in [0.2, 0.25) is 11.9 Å². The van der Waals surface area contributed by atoms with Gasteiger partial charge in [-0.1, -0.05) is 6.07 Å². The molecule has 1 fully saturated rings. The smallest absolute Gasteiger partial charge is 0.255 e. The van der Waals surface area contributed by atoms with Crippen LogP contribution in [0.15, 0.2) is 29.1 Å². The van der Waals surface area contributed by atoms with Crippen molar-refractivity contribution in [3.8, 4) is 0 Å². The van der Waals surface area contributed by atoms with Crippen LogP contribution >= 0.6 is 0 Å². The number of benzene rings is 1. The van der Waals surface area contributed by atoms with E-state index in [0.29, 0.717) is 37.9 Å². The van der Waals surface area contributed by atoms with Crippen LogP contribution in [0.2, 0.25) is 0 Å². The minimum absolute atomic E-state index is 0.0944. The molecule has 1 aromatic carbocycles. The number of carbonyl (C=O) groups excluding carboxylic acids is 1. The summed E-state index contributed by atoms with van der Waals surface area (Å²) >= 11 is 0. The van der Waals surface area contributed by atoms with Crippen molar-refractivity contribution in [2.45, 2.75) is 32.4 Å². The number of aromatic nitrogens is 2. The summed E-state index contributed by atoms with van der Waals surface area (Å²) in [6.45, 7) is 2.51. The van der Waals surface area contributed by atoms with Gasteiger partial charge in [0.05, 0.1) is 25.5 Å². The molecule has 2 aliphatic rings. The number of amides is 1. The Balaban J connectivity index is 1.56. The molecule has 2 heterocycles. The number of hydrogen-bond donors (Lipinski definition) is 1. The van der Waals surface area contributed by atoms with Crippen molar-refractivity contribution >= 4 is 17.5 Å². The lowest BCUT2D eigenvalue weighted by atomic mass is 10.1. The van der Waals surface area contributed by atoms with Gasteiger partial charge in [-0.3, -0.25) is 14.2 Å². The van der Waals surface area contributed by atoms with E-state index < -0.39 is 0 Å². The van der Waals surface area contributed by atoms with Crippen LogP contribution in [0.4, 0.5) is 11.6 Å². The van der Waals surface area contributed by atoms with Gasteiger partial charge in [-0.2, -0.15) is 0 Å². The van der Waals surface area contributed by atoms with Crippen LogP contribution in [0.1, 0.15) is 23.2 Å². The van der Waals surface area contributed by atoms with Gasteiger partial charge in [0, 0.05) is 32.0 Å². The molecule has 0 radical (unpaired) electrons. The van der Waals surface area contributed by atoms with Crippen molar-refractivity contribution in [2.75, 3.05) is 43.6 Å². The fraction of sp³-hybridized carbons (Fsp3) is 0.476. The first-order valence-electron chi connectivity index (χ1n) is 9.98. The van der Waals surface area contributed by atoms with Crippen molar-refractivity contribution in [3.63, 3.8) is 0 Å². The molecule has 2 aromatic rings. The van der Waals surface area contributed by atoms with Crippen LogP contribution in [0.5, 0.6) is 0 Å². The van der Waals surface area contributed by atoms with E-state index >= 15 is 0 Å². The summed E-state index contributed by atoms with van der Waals surface area (Å²) in [4.78, 5) is 32.0. The second-order valence-corrected chi connectivity index (χ2v) is 7.39. The minimum atomic E-state index is -0.266. The largest absolute Gasteiger partial charge is 0.378 e. The maximum atomic E-state index is 12.7. The number of nitrogens with one attached hydrogen (secondary N) is 1. The molecule has 0 unspecified atom stereocenters. The highest BCUT2D eigenvalue weighted by molar-refractivity contribution is 5.90. The monoisotopic (exact) mass is 398 g/mol.